The Bertz CT molecular complexity index is 993. The number of nitrogens with zero attached hydrogens (tertiary/aromatic N) is 4. The van der Waals surface area contributed by atoms with Gasteiger partial charge in [-0.25, -0.2) is 18.6 Å². The Kier molecular flexibility index (Phi) is 5.08. The van der Waals surface area contributed by atoms with Crippen LogP contribution in [0.15, 0.2) is 24.4 Å². The second kappa shape index (κ2) is 7.58. The molecule has 0 bridgehead atoms. The fraction of sp³-hybridized carbons (Fsp3) is 0.450. The molecule has 1 fully saturated rings. The molecule has 2 aliphatic heterocycles. The molecule has 0 radical (unpaired) electrons. The van der Waals surface area contributed by atoms with E-state index in [-0.39, 0.29) is 24.2 Å². The number of nitrogens with two attached hydrogens (primary N) is 1. The van der Waals surface area contributed by atoms with E-state index in [4.69, 9.17) is 10.5 Å². The third-order valence-electron chi connectivity index (χ3n) is 5.53. The fourth-order valence-corrected chi connectivity index (χ4v) is 3.84. The van der Waals surface area contributed by atoms with Crippen LogP contribution in [0.2, 0.25) is 0 Å². The van der Waals surface area contributed by atoms with Gasteiger partial charge in [0.1, 0.15) is 24.2 Å². The molecule has 0 saturated carbocycles. The Hall–Kier alpha value is -3.17. The summed E-state index contributed by atoms with van der Waals surface area (Å²) in [6, 6.07) is 3.79. The highest BCUT2D eigenvalue weighted by Crippen LogP contribution is 2.36. The second-order valence-electron chi connectivity index (χ2n) is 7.74. The lowest BCUT2D eigenvalue weighted by atomic mass is 9.99. The summed E-state index contributed by atoms with van der Waals surface area (Å²) in [6.45, 7) is 2.52. The number of alkyl halides is 2. The highest BCUT2D eigenvalue weighted by atomic mass is 19.3. The van der Waals surface area contributed by atoms with Crippen LogP contribution in [0.25, 0.3) is 11.4 Å². The Morgan fingerprint density at radius 2 is 2.17 bits per heavy atom. The summed E-state index contributed by atoms with van der Waals surface area (Å²) in [4.78, 5) is 30.7. The van der Waals surface area contributed by atoms with Crippen molar-refractivity contribution in [2.45, 2.75) is 32.4 Å². The van der Waals surface area contributed by atoms with Crippen LogP contribution in [0, 0.1) is 5.92 Å². The monoisotopic (exact) mass is 419 g/mol. The number of urea groups is 1. The van der Waals surface area contributed by atoms with Gasteiger partial charge in [-0.1, -0.05) is 13.0 Å². The molecule has 0 spiro atoms. The second-order valence-corrected chi connectivity index (χ2v) is 7.74. The summed E-state index contributed by atoms with van der Waals surface area (Å²) in [5.41, 5.74) is 6.95. The number of primary amides is 1. The molecule has 2 aromatic rings. The maximum atomic E-state index is 13.5. The zero-order chi connectivity index (χ0) is 21.6. The molecule has 0 unspecified atom stereocenters. The molecule has 2 atom stereocenters. The maximum absolute atomic E-state index is 13.5. The van der Waals surface area contributed by atoms with Crippen molar-refractivity contribution in [3.05, 3.63) is 30.0 Å². The molecule has 0 aliphatic carbocycles. The van der Waals surface area contributed by atoms with E-state index in [1.54, 1.807) is 17.7 Å². The molecule has 160 valence electrons. The third kappa shape index (κ3) is 3.46. The molecule has 1 saturated heterocycles. The van der Waals surface area contributed by atoms with E-state index in [2.05, 4.69) is 4.98 Å². The van der Waals surface area contributed by atoms with Crippen LogP contribution in [0.1, 0.15) is 12.5 Å². The average Bonchev–Trinajstić information content (AvgIpc) is 3.18. The van der Waals surface area contributed by atoms with Crippen LogP contribution in [0.3, 0.4) is 0 Å². The van der Waals surface area contributed by atoms with Gasteiger partial charge in [-0.05, 0) is 24.1 Å². The van der Waals surface area contributed by atoms with Gasteiger partial charge < -0.3 is 19.9 Å². The van der Waals surface area contributed by atoms with Crippen molar-refractivity contribution in [1.29, 1.82) is 0 Å². The van der Waals surface area contributed by atoms with Crippen molar-refractivity contribution in [3.63, 3.8) is 0 Å². The van der Waals surface area contributed by atoms with Crippen LogP contribution in [-0.2, 0) is 17.8 Å². The Morgan fingerprint density at radius 1 is 1.40 bits per heavy atom. The Balaban J connectivity index is 1.69. The minimum Gasteiger partial charge on any atom is -0.491 e. The normalized spacial score (nSPS) is 19.4. The zero-order valence-corrected chi connectivity index (χ0v) is 16.7. The number of carbonyl (C=O) groups excluding carboxylic acids is 2. The van der Waals surface area contributed by atoms with Gasteiger partial charge in [-0.2, -0.15) is 0 Å². The van der Waals surface area contributed by atoms with E-state index in [0.717, 1.165) is 10.5 Å². The van der Waals surface area contributed by atoms with Crippen LogP contribution in [0.4, 0.5) is 19.4 Å². The van der Waals surface area contributed by atoms with Gasteiger partial charge in [0.2, 0.25) is 5.91 Å². The standard InChI is InChI=1S/C20H23F2N5O3/c1-11(18(23)28)7-12-3-4-13-15(8-12)30-6-5-26-10-16(24-19(13)26)27-14(17(21)22)9-25(2)20(27)29/h3-4,8,10-11,14,17H,5-7,9H2,1-2H3,(H2,23,28)/t11-,14+/m1/s1. The Labute approximate surface area is 172 Å². The van der Waals surface area contributed by atoms with Crippen LogP contribution < -0.4 is 15.4 Å². The number of hydrogen-bond acceptors (Lipinski definition) is 4. The van der Waals surface area contributed by atoms with Gasteiger partial charge in [-0.15, -0.1) is 0 Å². The molecule has 30 heavy (non-hydrogen) atoms. The number of benzene rings is 1. The largest absolute Gasteiger partial charge is 0.491 e. The minimum absolute atomic E-state index is 0.0558. The lowest BCUT2D eigenvalue weighted by Gasteiger charge is -2.19. The van der Waals surface area contributed by atoms with Gasteiger partial charge in [0, 0.05) is 25.7 Å². The summed E-state index contributed by atoms with van der Waals surface area (Å²) in [7, 11) is 1.50. The molecule has 1 aromatic carbocycles. The maximum Gasteiger partial charge on any atom is 0.326 e. The summed E-state index contributed by atoms with van der Waals surface area (Å²) in [6.07, 6.45) is -0.578. The molecule has 3 amide bonds. The highest BCUT2D eigenvalue weighted by molar-refractivity contribution is 5.94. The first-order valence-electron chi connectivity index (χ1n) is 9.71. The number of carbonyl (C=O) groups is 2. The lowest BCUT2D eigenvalue weighted by Crippen LogP contribution is -2.39. The molecule has 10 heteroatoms. The van der Waals surface area contributed by atoms with Gasteiger partial charge >= 0.3 is 6.03 Å². The van der Waals surface area contributed by atoms with Gasteiger partial charge in [0.05, 0.1) is 12.1 Å². The van der Waals surface area contributed by atoms with E-state index in [1.807, 2.05) is 18.2 Å². The number of ether oxygens (including phenoxy) is 1. The number of imidazole rings is 1. The van der Waals surface area contributed by atoms with Crippen LogP contribution in [-0.4, -0.2) is 59.1 Å². The molecular weight excluding hydrogens is 396 g/mol. The van der Waals surface area contributed by atoms with Crippen molar-refractivity contribution in [2.75, 3.05) is 25.1 Å². The number of fused-ring (bicyclic) bond motifs is 3. The van der Waals surface area contributed by atoms with E-state index >= 15 is 0 Å². The molecular formula is C20H23F2N5O3. The minimum atomic E-state index is -2.68. The summed E-state index contributed by atoms with van der Waals surface area (Å²) >= 11 is 0. The number of hydrogen-bond donors (Lipinski definition) is 1. The predicted molar refractivity (Wildman–Crippen MR) is 106 cm³/mol. The topological polar surface area (TPSA) is 93.7 Å². The van der Waals surface area contributed by atoms with E-state index in [1.165, 1.54) is 11.9 Å². The summed E-state index contributed by atoms with van der Waals surface area (Å²) in [5.74, 6) is 0.647. The first-order chi connectivity index (χ1) is 14.3. The number of aromatic nitrogens is 2. The van der Waals surface area contributed by atoms with Crippen molar-refractivity contribution in [2.24, 2.45) is 11.7 Å². The Morgan fingerprint density at radius 3 is 2.87 bits per heavy atom. The predicted octanol–water partition coefficient (Wildman–Crippen LogP) is 2.11. The van der Waals surface area contributed by atoms with Crippen molar-refractivity contribution >= 4 is 17.8 Å². The number of anilines is 1. The number of likely N-dealkylation sites (N-methyl/N-ethyl adjacent to an activating group) is 1. The van der Waals surface area contributed by atoms with E-state index in [0.29, 0.717) is 36.7 Å². The van der Waals surface area contributed by atoms with Gasteiger partial charge in [0.25, 0.3) is 6.43 Å². The number of halogens is 2. The van der Waals surface area contributed by atoms with Crippen LogP contribution >= 0.6 is 0 Å². The van der Waals surface area contributed by atoms with Crippen molar-refractivity contribution in [1.82, 2.24) is 14.5 Å². The van der Waals surface area contributed by atoms with Gasteiger partial charge in [0.15, 0.2) is 5.82 Å². The quantitative estimate of drug-likeness (QED) is 0.803. The number of rotatable bonds is 5. The van der Waals surface area contributed by atoms with Crippen molar-refractivity contribution in [3.8, 4) is 17.1 Å². The molecule has 2 N–H and O–H groups in total. The third-order valence-corrected chi connectivity index (χ3v) is 5.53. The molecule has 3 heterocycles. The zero-order valence-electron chi connectivity index (χ0n) is 16.7. The number of amides is 3. The molecule has 2 aliphatic rings. The van der Waals surface area contributed by atoms with E-state index < -0.39 is 18.5 Å². The summed E-state index contributed by atoms with van der Waals surface area (Å²) < 4.78 is 34.7. The van der Waals surface area contributed by atoms with Gasteiger partial charge in [-0.3, -0.25) is 9.69 Å². The molecule has 1 aromatic heterocycles. The molecule has 4 rings (SSSR count). The first-order valence-corrected chi connectivity index (χ1v) is 9.71. The van der Waals surface area contributed by atoms with Crippen molar-refractivity contribution < 1.29 is 23.1 Å². The van der Waals surface area contributed by atoms with Crippen LogP contribution in [0.5, 0.6) is 5.75 Å². The van der Waals surface area contributed by atoms with E-state index in [9.17, 15) is 18.4 Å². The smallest absolute Gasteiger partial charge is 0.326 e. The summed E-state index contributed by atoms with van der Waals surface area (Å²) in [5, 5.41) is 0. The fourth-order valence-electron chi connectivity index (χ4n) is 3.84. The highest BCUT2D eigenvalue weighted by Gasteiger charge is 2.43. The first kappa shape index (κ1) is 20.1. The average molecular weight is 419 g/mol. The SMILES string of the molecule is C[C@H](Cc1ccc2c(c1)OCCn1cc(N3C(=O)N(C)C[C@H]3C(F)F)nc1-2)C(N)=O. The molecule has 8 nitrogen and oxygen atoms in total. The lowest BCUT2D eigenvalue weighted by molar-refractivity contribution is -0.121.